The van der Waals surface area contributed by atoms with E-state index in [1.54, 1.807) is 12.3 Å². The molecule has 3 aromatic rings. The SMILES string of the molecule is Cc1c(Cl)cccc1NC(=O)C(C)Sc1nc(-c2ccccc2)cn1N. The summed E-state index contributed by atoms with van der Waals surface area (Å²) in [6, 6.07) is 15.2. The van der Waals surface area contributed by atoms with Crippen LogP contribution in [0.2, 0.25) is 5.02 Å². The highest BCUT2D eigenvalue weighted by Crippen LogP contribution is 2.28. The Morgan fingerprint density at radius 1 is 1.23 bits per heavy atom. The van der Waals surface area contributed by atoms with Gasteiger partial charge in [0.1, 0.15) is 0 Å². The molecule has 0 fully saturated rings. The molecule has 5 nitrogen and oxygen atoms in total. The third-order valence-corrected chi connectivity index (χ3v) is 5.43. The fraction of sp³-hybridized carbons (Fsp3) is 0.158. The van der Waals surface area contributed by atoms with Crippen molar-refractivity contribution in [2.24, 2.45) is 0 Å². The number of hydrogen-bond donors (Lipinski definition) is 2. The summed E-state index contributed by atoms with van der Waals surface area (Å²) in [6.45, 7) is 3.69. The van der Waals surface area contributed by atoms with E-state index in [2.05, 4.69) is 10.3 Å². The standard InChI is InChI=1S/C19H19ClN4OS/c1-12-15(20)9-6-10-16(12)22-18(25)13(2)26-19-23-17(11-24(19)21)14-7-4-3-5-8-14/h3-11,13H,21H2,1-2H3,(H,22,25). The number of aromatic nitrogens is 2. The smallest absolute Gasteiger partial charge is 0.237 e. The van der Waals surface area contributed by atoms with E-state index in [9.17, 15) is 4.79 Å². The van der Waals surface area contributed by atoms with E-state index < -0.39 is 0 Å². The molecule has 0 saturated heterocycles. The molecule has 0 saturated carbocycles. The maximum absolute atomic E-state index is 12.5. The number of carbonyl (C=O) groups excluding carboxylic acids is 1. The predicted molar refractivity (Wildman–Crippen MR) is 108 cm³/mol. The number of carbonyl (C=O) groups is 1. The summed E-state index contributed by atoms with van der Waals surface area (Å²) in [6.07, 6.45) is 1.75. The fourth-order valence-corrected chi connectivity index (χ4v) is 3.38. The monoisotopic (exact) mass is 386 g/mol. The molecule has 1 atom stereocenters. The molecule has 7 heteroatoms. The van der Waals surface area contributed by atoms with Crippen molar-refractivity contribution >= 4 is 35.0 Å². The lowest BCUT2D eigenvalue weighted by atomic mass is 10.2. The van der Waals surface area contributed by atoms with E-state index in [0.29, 0.717) is 15.9 Å². The fourth-order valence-electron chi connectivity index (χ4n) is 2.40. The van der Waals surface area contributed by atoms with Gasteiger partial charge in [0.25, 0.3) is 0 Å². The Hall–Kier alpha value is -2.44. The lowest BCUT2D eigenvalue weighted by Crippen LogP contribution is -2.23. The second-order valence-electron chi connectivity index (χ2n) is 5.84. The van der Waals surface area contributed by atoms with Crippen LogP contribution in [-0.2, 0) is 4.79 Å². The van der Waals surface area contributed by atoms with Crippen molar-refractivity contribution in [3.63, 3.8) is 0 Å². The Bertz CT molecular complexity index is 927. The van der Waals surface area contributed by atoms with Gasteiger partial charge in [-0.3, -0.25) is 4.79 Å². The number of anilines is 1. The van der Waals surface area contributed by atoms with Crippen LogP contribution in [0, 0.1) is 6.92 Å². The molecular formula is C19H19ClN4OS. The van der Waals surface area contributed by atoms with Gasteiger partial charge in [0, 0.05) is 16.3 Å². The number of nitrogens with two attached hydrogens (primary N) is 1. The number of benzene rings is 2. The van der Waals surface area contributed by atoms with Crippen LogP contribution in [0.5, 0.6) is 0 Å². The summed E-state index contributed by atoms with van der Waals surface area (Å²) in [4.78, 5) is 17.1. The minimum Gasteiger partial charge on any atom is -0.337 e. The van der Waals surface area contributed by atoms with Crippen molar-refractivity contribution in [2.45, 2.75) is 24.3 Å². The Morgan fingerprint density at radius 2 is 1.96 bits per heavy atom. The van der Waals surface area contributed by atoms with Gasteiger partial charge in [0.05, 0.1) is 17.1 Å². The average molecular weight is 387 g/mol. The summed E-state index contributed by atoms with van der Waals surface area (Å²) in [5.41, 5.74) is 3.29. The molecule has 3 N–H and O–H groups in total. The second kappa shape index (κ2) is 7.85. The van der Waals surface area contributed by atoms with Gasteiger partial charge < -0.3 is 11.2 Å². The number of nitrogen functional groups attached to an aromatic ring is 1. The lowest BCUT2D eigenvalue weighted by Gasteiger charge is -2.13. The largest absolute Gasteiger partial charge is 0.337 e. The molecule has 1 amide bonds. The second-order valence-corrected chi connectivity index (χ2v) is 7.56. The molecule has 2 aromatic carbocycles. The van der Waals surface area contributed by atoms with E-state index in [0.717, 1.165) is 16.8 Å². The first-order valence-electron chi connectivity index (χ1n) is 8.08. The molecule has 26 heavy (non-hydrogen) atoms. The maximum Gasteiger partial charge on any atom is 0.237 e. The van der Waals surface area contributed by atoms with Crippen LogP contribution in [0.4, 0.5) is 5.69 Å². The van der Waals surface area contributed by atoms with Gasteiger partial charge in [0.2, 0.25) is 5.91 Å². The molecule has 0 aliphatic heterocycles. The summed E-state index contributed by atoms with van der Waals surface area (Å²) < 4.78 is 1.45. The summed E-state index contributed by atoms with van der Waals surface area (Å²) in [5, 5.41) is 3.73. The molecule has 0 aliphatic rings. The van der Waals surface area contributed by atoms with Crippen LogP contribution < -0.4 is 11.2 Å². The van der Waals surface area contributed by atoms with Gasteiger partial charge in [-0.2, -0.15) is 0 Å². The number of amides is 1. The molecule has 1 unspecified atom stereocenters. The first-order chi connectivity index (χ1) is 12.5. The number of nitrogens with one attached hydrogen (secondary N) is 1. The molecule has 1 aromatic heterocycles. The van der Waals surface area contributed by atoms with Gasteiger partial charge in [-0.05, 0) is 31.5 Å². The molecule has 3 rings (SSSR count). The van der Waals surface area contributed by atoms with E-state index in [1.807, 2.05) is 56.3 Å². The number of rotatable bonds is 5. The third kappa shape index (κ3) is 4.03. The Labute approximate surface area is 161 Å². The molecule has 134 valence electrons. The first kappa shape index (κ1) is 18.4. The van der Waals surface area contributed by atoms with Gasteiger partial charge >= 0.3 is 0 Å². The normalized spacial score (nSPS) is 12.0. The van der Waals surface area contributed by atoms with Crippen LogP contribution >= 0.6 is 23.4 Å². The van der Waals surface area contributed by atoms with Crippen molar-refractivity contribution in [3.8, 4) is 11.3 Å². The maximum atomic E-state index is 12.5. The quantitative estimate of drug-likeness (QED) is 0.505. The zero-order valence-corrected chi connectivity index (χ0v) is 16.0. The van der Waals surface area contributed by atoms with Crippen molar-refractivity contribution in [3.05, 3.63) is 65.3 Å². The number of halogens is 1. The zero-order valence-electron chi connectivity index (χ0n) is 14.4. The molecule has 1 heterocycles. The van der Waals surface area contributed by atoms with Crippen LogP contribution in [0.25, 0.3) is 11.3 Å². The van der Waals surface area contributed by atoms with Crippen LogP contribution in [0.3, 0.4) is 0 Å². The Morgan fingerprint density at radius 3 is 2.69 bits per heavy atom. The topological polar surface area (TPSA) is 72.9 Å². The lowest BCUT2D eigenvalue weighted by molar-refractivity contribution is -0.115. The van der Waals surface area contributed by atoms with Crippen molar-refractivity contribution in [1.82, 2.24) is 9.66 Å². The van der Waals surface area contributed by atoms with E-state index >= 15 is 0 Å². The van der Waals surface area contributed by atoms with Crippen LogP contribution in [0.1, 0.15) is 12.5 Å². The van der Waals surface area contributed by atoms with Crippen molar-refractivity contribution in [2.75, 3.05) is 11.2 Å². The van der Waals surface area contributed by atoms with E-state index in [4.69, 9.17) is 17.4 Å². The molecule has 0 bridgehead atoms. The molecule has 0 aliphatic carbocycles. The first-order valence-corrected chi connectivity index (χ1v) is 9.34. The van der Waals surface area contributed by atoms with Crippen molar-refractivity contribution < 1.29 is 4.79 Å². The summed E-state index contributed by atoms with van der Waals surface area (Å²) in [5.74, 6) is 5.87. The number of thioether (sulfide) groups is 1. The highest BCUT2D eigenvalue weighted by atomic mass is 35.5. The number of nitrogens with zero attached hydrogens (tertiary/aromatic N) is 2. The van der Waals surface area contributed by atoms with Crippen LogP contribution in [-0.4, -0.2) is 20.8 Å². The number of hydrogen-bond acceptors (Lipinski definition) is 4. The summed E-state index contributed by atoms with van der Waals surface area (Å²) >= 11 is 7.41. The highest BCUT2D eigenvalue weighted by molar-refractivity contribution is 8.00. The Kier molecular flexibility index (Phi) is 5.54. The van der Waals surface area contributed by atoms with Gasteiger partial charge in [0.15, 0.2) is 5.16 Å². The van der Waals surface area contributed by atoms with Gasteiger partial charge in [-0.25, -0.2) is 9.66 Å². The minimum atomic E-state index is -0.373. The predicted octanol–water partition coefficient (Wildman–Crippen LogP) is 4.35. The average Bonchev–Trinajstić information content (AvgIpc) is 3.00. The van der Waals surface area contributed by atoms with Crippen LogP contribution in [0.15, 0.2) is 59.9 Å². The van der Waals surface area contributed by atoms with Crippen molar-refractivity contribution in [1.29, 1.82) is 0 Å². The Balaban J connectivity index is 1.71. The zero-order chi connectivity index (χ0) is 18.7. The van der Waals surface area contributed by atoms with E-state index in [1.165, 1.54) is 16.4 Å². The van der Waals surface area contributed by atoms with Gasteiger partial charge in [-0.15, -0.1) is 0 Å². The third-order valence-electron chi connectivity index (χ3n) is 3.94. The molecular weight excluding hydrogens is 368 g/mol. The molecule has 0 spiro atoms. The summed E-state index contributed by atoms with van der Waals surface area (Å²) in [7, 11) is 0. The number of imidazole rings is 1. The minimum absolute atomic E-state index is 0.135. The highest BCUT2D eigenvalue weighted by Gasteiger charge is 2.19. The van der Waals surface area contributed by atoms with Gasteiger partial charge in [-0.1, -0.05) is 59.8 Å². The van der Waals surface area contributed by atoms with E-state index in [-0.39, 0.29) is 11.2 Å². The molecule has 0 radical (unpaired) electrons.